The van der Waals surface area contributed by atoms with E-state index < -0.39 is 6.09 Å². The van der Waals surface area contributed by atoms with E-state index in [1.165, 1.54) is 11.9 Å². The zero-order valence-corrected chi connectivity index (χ0v) is 8.53. The van der Waals surface area contributed by atoms with Crippen molar-refractivity contribution in [2.24, 2.45) is 5.92 Å². The SMILES string of the molecule is CC(C)CC(O)CCN(C)C(=O)O. The first kappa shape index (κ1) is 12.2. The third-order valence-electron chi connectivity index (χ3n) is 1.87. The van der Waals surface area contributed by atoms with E-state index in [1.807, 2.05) is 13.8 Å². The average Bonchev–Trinajstić information content (AvgIpc) is 1.98. The van der Waals surface area contributed by atoms with Crippen molar-refractivity contribution in [3.63, 3.8) is 0 Å². The molecule has 0 radical (unpaired) electrons. The van der Waals surface area contributed by atoms with Crippen LogP contribution in [0.5, 0.6) is 0 Å². The van der Waals surface area contributed by atoms with E-state index in [-0.39, 0.29) is 6.10 Å². The summed E-state index contributed by atoms with van der Waals surface area (Å²) in [6.45, 7) is 4.46. The van der Waals surface area contributed by atoms with Gasteiger partial charge in [0.2, 0.25) is 0 Å². The lowest BCUT2D eigenvalue weighted by molar-refractivity contribution is 0.117. The van der Waals surface area contributed by atoms with E-state index in [0.29, 0.717) is 18.9 Å². The Kier molecular flexibility index (Phi) is 5.46. The molecule has 0 aliphatic rings. The van der Waals surface area contributed by atoms with E-state index in [4.69, 9.17) is 5.11 Å². The Morgan fingerprint density at radius 3 is 2.38 bits per heavy atom. The molecule has 0 aromatic heterocycles. The summed E-state index contributed by atoms with van der Waals surface area (Å²) < 4.78 is 0. The second-order valence-electron chi connectivity index (χ2n) is 3.78. The molecule has 0 bridgehead atoms. The van der Waals surface area contributed by atoms with Crippen LogP contribution in [0.4, 0.5) is 4.79 Å². The Hall–Kier alpha value is -0.770. The van der Waals surface area contributed by atoms with Crippen LogP contribution in [0.25, 0.3) is 0 Å². The first-order chi connectivity index (χ1) is 5.93. The quantitative estimate of drug-likeness (QED) is 0.687. The topological polar surface area (TPSA) is 60.8 Å². The summed E-state index contributed by atoms with van der Waals surface area (Å²) in [5.74, 6) is 0.449. The second kappa shape index (κ2) is 5.80. The van der Waals surface area contributed by atoms with Crippen molar-refractivity contribution < 1.29 is 15.0 Å². The average molecular weight is 189 g/mol. The molecule has 1 unspecified atom stereocenters. The largest absolute Gasteiger partial charge is 0.465 e. The van der Waals surface area contributed by atoms with E-state index >= 15 is 0 Å². The van der Waals surface area contributed by atoms with Gasteiger partial charge in [0.15, 0.2) is 0 Å². The van der Waals surface area contributed by atoms with Gasteiger partial charge in [0.05, 0.1) is 6.10 Å². The molecule has 1 amide bonds. The van der Waals surface area contributed by atoms with Gasteiger partial charge in [-0.15, -0.1) is 0 Å². The van der Waals surface area contributed by atoms with Crippen molar-refractivity contribution in [3.8, 4) is 0 Å². The molecular formula is C9H19NO3. The van der Waals surface area contributed by atoms with Crippen LogP contribution in [-0.2, 0) is 0 Å². The van der Waals surface area contributed by atoms with Gasteiger partial charge in [0.1, 0.15) is 0 Å². The Labute approximate surface area is 79.2 Å². The molecule has 4 heteroatoms. The van der Waals surface area contributed by atoms with Crippen LogP contribution in [-0.4, -0.2) is 40.9 Å². The Bertz CT molecular complexity index is 159. The maximum Gasteiger partial charge on any atom is 0.407 e. The van der Waals surface area contributed by atoms with E-state index in [0.717, 1.165) is 6.42 Å². The fourth-order valence-electron chi connectivity index (χ4n) is 1.10. The monoisotopic (exact) mass is 189 g/mol. The summed E-state index contributed by atoms with van der Waals surface area (Å²) in [6, 6.07) is 0. The van der Waals surface area contributed by atoms with E-state index in [2.05, 4.69) is 0 Å². The van der Waals surface area contributed by atoms with Crippen LogP contribution < -0.4 is 0 Å². The minimum absolute atomic E-state index is 0.387. The standard InChI is InChI=1S/C9H19NO3/c1-7(2)6-8(11)4-5-10(3)9(12)13/h7-8,11H,4-6H2,1-3H3,(H,12,13). The maximum absolute atomic E-state index is 10.4. The number of amides is 1. The van der Waals surface area contributed by atoms with Gasteiger partial charge < -0.3 is 15.1 Å². The summed E-state index contributed by atoms with van der Waals surface area (Å²) in [6.07, 6.45) is -0.0902. The summed E-state index contributed by atoms with van der Waals surface area (Å²) >= 11 is 0. The molecule has 13 heavy (non-hydrogen) atoms. The normalized spacial score (nSPS) is 13.0. The zero-order valence-electron chi connectivity index (χ0n) is 8.53. The molecular weight excluding hydrogens is 170 g/mol. The molecule has 0 saturated carbocycles. The van der Waals surface area contributed by atoms with Crippen molar-refractivity contribution in [1.29, 1.82) is 0 Å². The van der Waals surface area contributed by atoms with E-state index in [9.17, 15) is 9.90 Å². The van der Waals surface area contributed by atoms with Gasteiger partial charge >= 0.3 is 6.09 Å². The predicted molar refractivity (Wildman–Crippen MR) is 50.7 cm³/mol. The Balaban J connectivity index is 3.57. The number of aliphatic hydroxyl groups is 1. The lowest BCUT2D eigenvalue weighted by Crippen LogP contribution is -2.28. The Morgan fingerprint density at radius 2 is 2.00 bits per heavy atom. The third-order valence-corrected chi connectivity index (χ3v) is 1.87. The molecule has 0 rings (SSSR count). The molecule has 0 heterocycles. The predicted octanol–water partition coefficient (Wildman–Crippen LogP) is 1.39. The van der Waals surface area contributed by atoms with Crippen molar-refractivity contribution in [2.75, 3.05) is 13.6 Å². The third kappa shape index (κ3) is 6.40. The number of hydrogen-bond donors (Lipinski definition) is 2. The molecule has 78 valence electrons. The van der Waals surface area contributed by atoms with Gasteiger partial charge in [-0.3, -0.25) is 0 Å². The first-order valence-electron chi connectivity index (χ1n) is 4.55. The van der Waals surface area contributed by atoms with Crippen molar-refractivity contribution in [1.82, 2.24) is 4.90 Å². The van der Waals surface area contributed by atoms with Gasteiger partial charge in [-0.05, 0) is 18.8 Å². The highest BCUT2D eigenvalue weighted by Crippen LogP contribution is 2.07. The Morgan fingerprint density at radius 1 is 1.46 bits per heavy atom. The smallest absolute Gasteiger partial charge is 0.407 e. The maximum atomic E-state index is 10.4. The molecule has 0 aromatic rings. The molecule has 0 aromatic carbocycles. The molecule has 0 aliphatic heterocycles. The molecule has 1 atom stereocenters. The molecule has 2 N–H and O–H groups in total. The first-order valence-corrected chi connectivity index (χ1v) is 4.55. The lowest BCUT2D eigenvalue weighted by atomic mass is 10.0. The van der Waals surface area contributed by atoms with Crippen LogP contribution in [0, 0.1) is 5.92 Å². The lowest BCUT2D eigenvalue weighted by Gasteiger charge is -2.17. The van der Waals surface area contributed by atoms with Crippen LogP contribution in [0.3, 0.4) is 0 Å². The van der Waals surface area contributed by atoms with Gasteiger partial charge in [0, 0.05) is 13.6 Å². The van der Waals surface area contributed by atoms with Gasteiger partial charge in [-0.2, -0.15) is 0 Å². The fraction of sp³-hybridized carbons (Fsp3) is 0.889. The highest BCUT2D eigenvalue weighted by Gasteiger charge is 2.10. The number of hydrogen-bond acceptors (Lipinski definition) is 2. The summed E-state index contributed by atoms with van der Waals surface area (Å²) in [4.78, 5) is 11.6. The molecule has 0 spiro atoms. The highest BCUT2D eigenvalue weighted by molar-refractivity contribution is 5.64. The number of carbonyl (C=O) groups is 1. The number of nitrogens with zero attached hydrogens (tertiary/aromatic N) is 1. The molecule has 0 aliphatic carbocycles. The van der Waals surface area contributed by atoms with Crippen LogP contribution in [0.1, 0.15) is 26.7 Å². The highest BCUT2D eigenvalue weighted by atomic mass is 16.4. The molecule has 4 nitrogen and oxygen atoms in total. The number of aliphatic hydroxyl groups excluding tert-OH is 1. The van der Waals surface area contributed by atoms with E-state index in [1.54, 1.807) is 0 Å². The van der Waals surface area contributed by atoms with Gasteiger partial charge in [-0.1, -0.05) is 13.8 Å². The molecule has 0 fully saturated rings. The minimum Gasteiger partial charge on any atom is -0.465 e. The van der Waals surface area contributed by atoms with Crippen LogP contribution in [0.2, 0.25) is 0 Å². The number of carboxylic acid groups (broad SMARTS) is 1. The zero-order chi connectivity index (χ0) is 10.4. The summed E-state index contributed by atoms with van der Waals surface area (Å²) in [5, 5.41) is 18.0. The number of rotatable bonds is 5. The van der Waals surface area contributed by atoms with Crippen LogP contribution >= 0.6 is 0 Å². The van der Waals surface area contributed by atoms with Crippen molar-refractivity contribution in [3.05, 3.63) is 0 Å². The molecule has 0 saturated heterocycles. The van der Waals surface area contributed by atoms with Crippen LogP contribution in [0.15, 0.2) is 0 Å². The summed E-state index contributed by atoms with van der Waals surface area (Å²) in [5.41, 5.74) is 0. The minimum atomic E-state index is -0.947. The van der Waals surface area contributed by atoms with Gasteiger partial charge in [0.25, 0.3) is 0 Å². The second-order valence-corrected chi connectivity index (χ2v) is 3.78. The summed E-state index contributed by atoms with van der Waals surface area (Å²) in [7, 11) is 1.50. The van der Waals surface area contributed by atoms with Gasteiger partial charge in [-0.25, -0.2) is 4.79 Å². The van der Waals surface area contributed by atoms with Crippen molar-refractivity contribution >= 4 is 6.09 Å². The fourth-order valence-corrected chi connectivity index (χ4v) is 1.10. The van der Waals surface area contributed by atoms with Crippen molar-refractivity contribution in [2.45, 2.75) is 32.8 Å².